The topological polar surface area (TPSA) is 81.8 Å². The van der Waals surface area contributed by atoms with Crippen molar-refractivity contribution in [3.8, 4) is 11.3 Å². The number of nitrogens with one attached hydrogen (secondary N) is 4. The quantitative estimate of drug-likeness (QED) is 0.178. The number of fused-ring (bicyclic) bond motifs is 3. The first-order valence-corrected chi connectivity index (χ1v) is 11.2. The smallest absolute Gasteiger partial charge is 0.353 e. The summed E-state index contributed by atoms with van der Waals surface area (Å²) in [5.74, 6) is -0.532. The molecule has 5 rings (SSSR count). The maximum atomic E-state index is 13.0. The molecular formula is C26H18F3N5OS. The molecule has 0 atom stereocenters. The summed E-state index contributed by atoms with van der Waals surface area (Å²) < 4.78 is 38.2. The van der Waals surface area contributed by atoms with E-state index in [2.05, 4.69) is 26.1 Å². The molecule has 0 saturated carbocycles. The second-order valence-electron chi connectivity index (χ2n) is 7.92. The molecule has 0 spiro atoms. The number of hydrazine groups is 1. The summed E-state index contributed by atoms with van der Waals surface area (Å²) in [7, 11) is 0. The highest BCUT2D eigenvalue weighted by molar-refractivity contribution is 7.80. The largest absolute Gasteiger partial charge is 0.416 e. The SMILES string of the molecule is O=C(NNC(=S)Nc1ccc(C(F)(F)F)cc1)c1cc2c([nH]c3ccccc32)c(-c2ccccc2)n1. The first kappa shape index (κ1) is 23.3. The molecule has 1 amide bonds. The lowest BCUT2D eigenvalue weighted by Gasteiger charge is -2.13. The van der Waals surface area contributed by atoms with Gasteiger partial charge in [-0.05, 0) is 48.6 Å². The molecule has 0 aliphatic heterocycles. The van der Waals surface area contributed by atoms with Crippen LogP contribution in [0.3, 0.4) is 0 Å². The van der Waals surface area contributed by atoms with Gasteiger partial charge in [-0.15, -0.1) is 0 Å². The summed E-state index contributed by atoms with van der Waals surface area (Å²) in [6, 6.07) is 23.4. The number of hydrogen-bond donors (Lipinski definition) is 4. The van der Waals surface area contributed by atoms with Gasteiger partial charge in [0.2, 0.25) is 0 Å². The van der Waals surface area contributed by atoms with Crippen LogP contribution < -0.4 is 16.2 Å². The summed E-state index contributed by atoms with van der Waals surface area (Å²) in [5.41, 5.74) is 7.98. The van der Waals surface area contributed by atoms with Crippen LogP contribution >= 0.6 is 12.2 Å². The highest BCUT2D eigenvalue weighted by Crippen LogP contribution is 2.33. The standard InChI is InChI=1S/C26H18F3N5OS/c27-26(28,29)16-10-12-17(13-11-16)30-25(36)34-33-24(35)21-14-19-18-8-4-5-9-20(18)31-23(19)22(32-21)15-6-2-1-3-7-15/h1-14,31H,(H,33,35)(H2,30,34,36). The number of benzene rings is 3. The number of alkyl halides is 3. The molecule has 0 saturated heterocycles. The summed E-state index contributed by atoms with van der Waals surface area (Å²) >= 11 is 5.15. The second-order valence-corrected chi connectivity index (χ2v) is 8.33. The zero-order valence-electron chi connectivity index (χ0n) is 18.5. The predicted molar refractivity (Wildman–Crippen MR) is 137 cm³/mol. The third kappa shape index (κ3) is 4.71. The van der Waals surface area contributed by atoms with Crippen molar-refractivity contribution < 1.29 is 18.0 Å². The van der Waals surface area contributed by atoms with Crippen LogP contribution in [0.1, 0.15) is 16.1 Å². The van der Waals surface area contributed by atoms with Crippen LogP contribution in [0, 0.1) is 0 Å². The number of pyridine rings is 1. The Kier molecular flexibility index (Phi) is 6.03. The monoisotopic (exact) mass is 505 g/mol. The molecule has 0 aliphatic carbocycles. The van der Waals surface area contributed by atoms with Gasteiger partial charge in [-0.25, -0.2) is 4.98 Å². The number of hydrogen-bond acceptors (Lipinski definition) is 3. The Morgan fingerprint density at radius 3 is 2.28 bits per heavy atom. The lowest BCUT2D eigenvalue weighted by atomic mass is 10.1. The third-order valence-corrected chi connectivity index (χ3v) is 5.74. The molecule has 6 nitrogen and oxygen atoms in total. The molecule has 180 valence electrons. The van der Waals surface area contributed by atoms with E-state index in [9.17, 15) is 18.0 Å². The Bertz CT molecular complexity index is 1580. The van der Waals surface area contributed by atoms with Crippen molar-refractivity contribution in [3.05, 3.63) is 96.2 Å². The van der Waals surface area contributed by atoms with Crippen LogP contribution in [-0.2, 0) is 6.18 Å². The highest BCUT2D eigenvalue weighted by Gasteiger charge is 2.30. The molecule has 0 fully saturated rings. The van der Waals surface area contributed by atoms with E-state index in [1.165, 1.54) is 12.1 Å². The minimum Gasteiger partial charge on any atom is -0.353 e. The van der Waals surface area contributed by atoms with Crippen molar-refractivity contribution >= 4 is 50.7 Å². The number of carbonyl (C=O) groups excluding carboxylic acids is 1. The number of anilines is 1. The summed E-state index contributed by atoms with van der Waals surface area (Å²) in [6.45, 7) is 0. The summed E-state index contributed by atoms with van der Waals surface area (Å²) in [5, 5.41) is 4.52. The second kappa shape index (κ2) is 9.31. The lowest BCUT2D eigenvalue weighted by Crippen LogP contribution is -2.44. The first-order valence-electron chi connectivity index (χ1n) is 10.8. The number of nitrogens with zero attached hydrogens (tertiary/aromatic N) is 1. The van der Waals surface area contributed by atoms with Gasteiger partial charge in [0.05, 0.1) is 16.8 Å². The fourth-order valence-corrected chi connectivity index (χ4v) is 4.02. The van der Waals surface area contributed by atoms with Gasteiger partial charge in [-0.1, -0.05) is 48.5 Å². The molecule has 10 heteroatoms. The van der Waals surface area contributed by atoms with Crippen molar-refractivity contribution in [3.63, 3.8) is 0 Å². The van der Waals surface area contributed by atoms with Crippen LogP contribution in [0.15, 0.2) is 84.9 Å². The van der Waals surface area contributed by atoms with Crippen molar-refractivity contribution in [1.82, 2.24) is 20.8 Å². The number of rotatable bonds is 3. The van der Waals surface area contributed by atoms with Gasteiger partial charge < -0.3 is 10.3 Å². The van der Waals surface area contributed by atoms with Crippen LogP contribution in [0.5, 0.6) is 0 Å². The molecule has 4 N–H and O–H groups in total. The molecule has 5 aromatic rings. The van der Waals surface area contributed by atoms with Gasteiger partial charge in [-0.3, -0.25) is 15.6 Å². The highest BCUT2D eigenvalue weighted by atomic mass is 32.1. The molecule has 0 unspecified atom stereocenters. The maximum Gasteiger partial charge on any atom is 0.416 e. The first-order chi connectivity index (χ1) is 17.3. The van der Waals surface area contributed by atoms with Gasteiger partial charge in [0, 0.05) is 27.5 Å². The number of halogens is 3. The fourth-order valence-electron chi connectivity index (χ4n) is 3.85. The van der Waals surface area contributed by atoms with E-state index in [0.717, 1.165) is 39.5 Å². The zero-order chi connectivity index (χ0) is 25.3. The van der Waals surface area contributed by atoms with Crippen molar-refractivity contribution in [2.45, 2.75) is 6.18 Å². The molecule has 2 aromatic heterocycles. The van der Waals surface area contributed by atoms with E-state index >= 15 is 0 Å². The molecule has 0 aliphatic rings. The van der Waals surface area contributed by atoms with Crippen LogP contribution in [0.4, 0.5) is 18.9 Å². The Balaban J connectivity index is 1.38. The summed E-state index contributed by atoms with van der Waals surface area (Å²) in [4.78, 5) is 21.0. The van der Waals surface area contributed by atoms with Crippen molar-refractivity contribution in [1.29, 1.82) is 0 Å². The van der Waals surface area contributed by atoms with E-state index in [-0.39, 0.29) is 10.8 Å². The number of amides is 1. The van der Waals surface area contributed by atoms with Crippen LogP contribution in [0.2, 0.25) is 0 Å². The number of aromatic nitrogens is 2. The van der Waals surface area contributed by atoms with Gasteiger partial charge in [-0.2, -0.15) is 13.2 Å². The Morgan fingerprint density at radius 2 is 1.56 bits per heavy atom. The van der Waals surface area contributed by atoms with Crippen molar-refractivity contribution in [2.75, 3.05) is 5.32 Å². The molecule has 36 heavy (non-hydrogen) atoms. The van der Waals surface area contributed by atoms with E-state index in [1.54, 1.807) is 6.07 Å². The lowest BCUT2D eigenvalue weighted by molar-refractivity contribution is -0.137. The van der Waals surface area contributed by atoms with Gasteiger partial charge in [0.25, 0.3) is 5.91 Å². The molecular weight excluding hydrogens is 487 g/mol. The molecule has 2 heterocycles. The molecule has 0 radical (unpaired) electrons. The number of aromatic amines is 1. The van der Waals surface area contributed by atoms with Crippen molar-refractivity contribution in [2.24, 2.45) is 0 Å². The van der Waals surface area contributed by atoms with Gasteiger partial charge in [0.15, 0.2) is 5.11 Å². The Labute approximate surface area is 208 Å². The van der Waals surface area contributed by atoms with Crippen LogP contribution in [0.25, 0.3) is 33.1 Å². The minimum absolute atomic E-state index is 0.000404. The number of carbonyl (C=O) groups is 1. The van der Waals surface area contributed by atoms with Crippen LogP contribution in [-0.4, -0.2) is 21.0 Å². The molecule has 3 aromatic carbocycles. The number of thiocarbonyl (C=S) groups is 1. The number of para-hydroxylation sites is 1. The number of H-pyrrole nitrogens is 1. The zero-order valence-corrected chi connectivity index (χ0v) is 19.3. The Hall–Kier alpha value is -4.44. The predicted octanol–water partition coefficient (Wildman–Crippen LogP) is 6.03. The Morgan fingerprint density at radius 1 is 0.861 bits per heavy atom. The fraction of sp³-hybridized carbons (Fsp3) is 0.0385. The van der Waals surface area contributed by atoms with E-state index < -0.39 is 17.6 Å². The van der Waals surface area contributed by atoms with E-state index in [1.807, 2.05) is 54.6 Å². The molecule has 0 bridgehead atoms. The van der Waals surface area contributed by atoms with Gasteiger partial charge >= 0.3 is 6.18 Å². The van der Waals surface area contributed by atoms with Gasteiger partial charge in [0.1, 0.15) is 5.69 Å². The van der Waals surface area contributed by atoms with E-state index in [4.69, 9.17) is 12.2 Å². The third-order valence-electron chi connectivity index (χ3n) is 5.54. The average molecular weight is 506 g/mol. The minimum atomic E-state index is -4.43. The maximum absolute atomic E-state index is 13.0. The summed E-state index contributed by atoms with van der Waals surface area (Å²) in [6.07, 6.45) is -4.43. The van der Waals surface area contributed by atoms with E-state index in [0.29, 0.717) is 11.4 Å². The normalized spacial score (nSPS) is 11.4. The average Bonchev–Trinajstić information content (AvgIpc) is 3.26.